The van der Waals surface area contributed by atoms with Gasteiger partial charge in [0.15, 0.2) is 5.69 Å². The highest BCUT2D eigenvalue weighted by atomic mass is 35.5. The Bertz CT molecular complexity index is 783. The van der Waals surface area contributed by atoms with Crippen LogP contribution in [0.2, 0.25) is 5.02 Å². The lowest BCUT2D eigenvalue weighted by Crippen LogP contribution is -2.27. The summed E-state index contributed by atoms with van der Waals surface area (Å²) in [7, 11) is 0. The Morgan fingerprint density at radius 2 is 2.09 bits per heavy atom. The molecule has 0 atom stereocenters. The molecule has 0 aliphatic carbocycles. The first kappa shape index (κ1) is 15.2. The first-order valence-electron chi connectivity index (χ1n) is 7.11. The van der Waals surface area contributed by atoms with Gasteiger partial charge in [-0.3, -0.25) is 9.48 Å². The summed E-state index contributed by atoms with van der Waals surface area (Å²) in [4.78, 5) is 12.0. The minimum absolute atomic E-state index is 0.262. The van der Waals surface area contributed by atoms with Gasteiger partial charge in [-0.25, -0.2) is 4.68 Å². The Balaban J connectivity index is 1.56. The molecule has 0 saturated heterocycles. The highest BCUT2D eigenvalue weighted by Crippen LogP contribution is 2.15. The zero-order valence-electron chi connectivity index (χ0n) is 12.3. The monoisotopic (exact) mass is 330 g/mol. The number of nitrogens with zero attached hydrogens (tertiary/aromatic N) is 5. The predicted molar refractivity (Wildman–Crippen MR) is 85.1 cm³/mol. The third kappa shape index (κ3) is 3.95. The molecular weight excluding hydrogens is 316 g/mol. The molecule has 0 radical (unpaired) electrons. The number of amides is 1. The van der Waals surface area contributed by atoms with E-state index in [1.165, 1.54) is 0 Å². The Morgan fingerprint density at radius 3 is 2.87 bits per heavy atom. The van der Waals surface area contributed by atoms with Crippen LogP contribution in [-0.2, 0) is 13.1 Å². The van der Waals surface area contributed by atoms with Gasteiger partial charge in [-0.1, -0.05) is 35.0 Å². The topological polar surface area (TPSA) is 77.6 Å². The summed E-state index contributed by atoms with van der Waals surface area (Å²) in [6.07, 6.45) is 5.14. The van der Waals surface area contributed by atoms with Gasteiger partial charge in [0, 0.05) is 24.0 Å². The molecule has 1 aromatic carbocycles. The van der Waals surface area contributed by atoms with E-state index in [9.17, 15) is 4.79 Å². The van der Waals surface area contributed by atoms with E-state index in [1.54, 1.807) is 21.8 Å². The zero-order chi connectivity index (χ0) is 16.1. The number of halogens is 1. The maximum absolute atomic E-state index is 12.0. The Kier molecular flexibility index (Phi) is 4.68. The van der Waals surface area contributed by atoms with Crippen molar-refractivity contribution in [2.24, 2.45) is 0 Å². The Labute approximate surface area is 137 Å². The number of benzene rings is 1. The number of hydrogen-bond donors (Lipinski definition) is 1. The first-order chi connectivity index (χ1) is 11.2. The van der Waals surface area contributed by atoms with Crippen molar-refractivity contribution in [3.8, 4) is 0 Å². The van der Waals surface area contributed by atoms with Gasteiger partial charge in [-0.2, -0.15) is 5.10 Å². The van der Waals surface area contributed by atoms with E-state index >= 15 is 0 Å². The van der Waals surface area contributed by atoms with Crippen LogP contribution >= 0.6 is 11.6 Å². The molecule has 0 saturated carbocycles. The Hall–Kier alpha value is -2.67. The van der Waals surface area contributed by atoms with E-state index in [-0.39, 0.29) is 11.6 Å². The molecule has 3 aromatic rings. The van der Waals surface area contributed by atoms with Crippen LogP contribution in [0.4, 0.5) is 0 Å². The number of carbonyl (C=O) groups is 1. The van der Waals surface area contributed by atoms with Gasteiger partial charge in [-0.05, 0) is 17.7 Å². The van der Waals surface area contributed by atoms with Crippen molar-refractivity contribution in [3.63, 3.8) is 0 Å². The fourth-order valence-electron chi connectivity index (χ4n) is 2.09. The normalized spacial score (nSPS) is 10.7. The molecular formula is C15H15ClN6O. The van der Waals surface area contributed by atoms with Crippen LogP contribution in [0.15, 0.2) is 48.9 Å². The highest BCUT2D eigenvalue weighted by Gasteiger charge is 2.11. The maximum Gasteiger partial charge on any atom is 0.273 e. The van der Waals surface area contributed by atoms with E-state index in [0.29, 0.717) is 24.7 Å². The molecule has 2 aromatic heterocycles. The number of hydrogen-bond acceptors (Lipinski definition) is 4. The summed E-state index contributed by atoms with van der Waals surface area (Å²) in [5, 5.41) is 15.4. The molecule has 3 rings (SSSR count). The standard InChI is InChI=1S/C15H15ClN6O/c16-13-5-2-1-4-12(13)10-22-11-14(19-20-22)15(23)17-7-9-21-8-3-6-18-21/h1-6,8,11H,7,9-10H2,(H,17,23). The molecule has 0 fully saturated rings. The molecule has 8 heteroatoms. The van der Waals surface area contributed by atoms with Crippen molar-refractivity contribution in [2.75, 3.05) is 6.54 Å². The lowest BCUT2D eigenvalue weighted by atomic mass is 10.2. The van der Waals surface area contributed by atoms with Crippen LogP contribution in [0.1, 0.15) is 16.1 Å². The van der Waals surface area contributed by atoms with Gasteiger partial charge < -0.3 is 5.32 Å². The third-order valence-corrected chi connectivity index (χ3v) is 3.62. The molecule has 118 valence electrons. The van der Waals surface area contributed by atoms with E-state index in [0.717, 1.165) is 5.56 Å². The van der Waals surface area contributed by atoms with Crippen LogP contribution in [-0.4, -0.2) is 37.2 Å². The second-order valence-electron chi connectivity index (χ2n) is 4.92. The quantitative estimate of drug-likeness (QED) is 0.744. The summed E-state index contributed by atoms with van der Waals surface area (Å²) >= 11 is 6.11. The van der Waals surface area contributed by atoms with E-state index < -0.39 is 0 Å². The van der Waals surface area contributed by atoms with Gasteiger partial charge in [-0.15, -0.1) is 5.10 Å². The number of nitrogens with one attached hydrogen (secondary N) is 1. The van der Waals surface area contributed by atoms with E-state index in [1.807, 2.05) is 36.5 Å². The fourth-order valence-corrected chi connectivity index (χ4v) is 2.28. The lowest BCUT2D eigenvalue weighted by Gasteiger charge is -2.03. The number of aromatic nitrogens is 5. The molecule has 0 spiro atoms. The zero-order valence-corrected chi connectivity index (χ0v) is 13.0. The van der Waals surface area contributed by atoms with Crippen LogP contribution < -0.4 is 5.32 Å². The molecule has 0 aliphatic heterocycles. The average Bonchev–Trinajstić information content (AvgIpc) is 3.21. The van der Waals surface area contributed by atoms with Crippen LogP contribution in [0.5, 0.6) is 0 Å². The summed E-state index contributed by atoms with van der Waals surface area (Å²) in [6.45, 7) is 1.54. The van der Waals surface area contributed by atoms with E-state index in [4.69, 9.17) is 11.6 Å². The first-order valence-corrected chi connectivity index (χ1v) is 7.49. The van der Waals surface area contributed by atoms with Gasteiger partial charge in [0.2, 0.25) is 0 Å². The highest BCUT2D eigenvalue weighted by molar-refractivity contribution is 6.31. The maximum atomic E-state index is 12.0. The molecule has 23 heavy (non-hydrogen) atoms. The second-order valence-corrected chi connectivity index (χ2v) is 5.33. The van der Waals surface area contributed by atoms with Crippen molar-refractivity contribution in [1.29, 1.82) is 0 Å². The van der Waals surface area contributed by atoms with E-state index in [2.05, 4.69) is 20.7 Å². The SMILES string of the molecule is O=C(NCCn1cccn1)c1cn(Cc2ccccc2Cl)nn1. The van der Waals surface area contributed by atoms with Crippen LogP contribution in [0, 0.1) is 0 Å². The van der Waals surface area contributed by atoms with Gasteiger partial charge in [0.25, 0.3) is 5.91 Å². The van der Waals surface area contributed by atoms with Gasteiger partial charge in [0.05, 0.1) is 19.3 Å². The molecule has 1 amide bonds. The van der Waals surface area contributed by atoms with Crippen molar-refractivity contribution in [1.82, 2.24) is 30.1 Å². The predicted octanol–water partition coefficient (Wildman–Crippen LogP) is 1.61. The number of carbonyl (C=O) groups excluding carboxylic acids is 1. The van der Waals surface area contributed by atoms with Crippen molar-refractivity contribution in [3.05, 3.63) is 65.2 Å². The van der Waals surface area contributed by atoms with Crippen molar-refractivity contribution in [2.45, 2.75) is 13.1 Å². The van der Waals surface area contributed by atoms with Crippen LogP contribution in [0.3, 0.4) is 0 Å². The molecule has 0 aliphatic rings. The van der Waals surface area contributed by atoms with Crippen molar-refractivity contribution >= 4 is 17.5 Å². The minimum atomic E-state index is -0.262. The summed E-state index contributed by atoms with van der Waals surface area (Å²) in [5.41, 5.74) is 1.20. The number of rotatable bonds is 6. The Morgan fingerprint density at radius 1 is 1.22 bits per heavy atom. The largest absolute Gasteiger partial charge is 0.349 e. The van der Waals surface area contributed by atoms with Gasteiger partial charge >= 0.3 is 0 Å². The molecule has 0 bridgehead atoms. The second kappa shape index (κ2) is 7.06. The third-order valence-electron chi connectivity index (χ3n) is 3.25. The van der Waals surface area contributed by atoms with Crippen LogP contribution in [0.25, 0.3) is 0 Å². The lowest BCUT2D eigenvalue weighted by molar-refractivity contribution is 0.0947. The summed E-state index contributed by atoms with van der Waals surface area (Å²) in [5.74, 6) is -0.262. The summed E-state index contributed by atoms with van der Waals surface area (Å²) < 4.78 is 3.33. The molecule has 2 heterocycles. The van der Waals surface area contributed by atoms with Gasteiger partial charge in [0.1, 0.15) is 0 Å². The smallest absolute Gasteiger partial charge is 0.273 e. The average molecular weight is 331 g/mol. The van der Waals surface area contributed by atoms with Crippen molar-refractivity contribution < 1.29 is 4.79 Å². The summed E-state index contributed by atoms with van der Waals surface area (Å²) in [6, 6.07) is 9.33. The minimum Gasteiger partial charge on any atom is -0.349 e. The fraction of sp³-hybridized carbons (Fsp3) is 0.200. The molecule has 0 unspecified atom stereocenters. The molecule has 1 N–H and O–H groups in total. The molecule has 7 nitrogen and oxygen atoms in total.